The van der Waals surface area contributed by atoms with Crippen molar-refractivity contribution in [2.75, 3.05) is 0 Å². The molecule has 0 aliphatic heterocycles. The number of hydrogen-bond acceptors (Lipinski definition) is 2. The van der Waals surface area contributed by atoms with Crippen molar-refractivity contribution in [3.8, 4) is 0 Å². The molecule has 0 aromatic heterocycles. The van der Waals surface area contributed by atoms with E-state index in [1.54, 1.807) is 36.4 Å². The van der Waals surface area contributed by atoms with Crippen molar-refractivity contribution in [1.29, 1.82) is 0 Å². The summed E-state index contributed by atoms with van der Waals surface area (Å²) in [5.41, 5.74) is 1.20. The smallest absolute Gasteiger partial charge is 0.507 e. The molecule has 0 radical (unpaired) electrons. The Balaban J connectivity index is 0.00000162. The van der Waals surface area contributed by atoms with Crippen molar-refractivity contribution in [3.63, 3.8) is 0 Å². The maximum atomic E-state index is 11.8. The zero-order valence-electron chi connectivity index (χ0n) is 9.71. The Kier molecular flexibility index (Phi) is 6.25. The minimum Gasteiger partial charge on any atom is -0.507 e. The van der Waals surface area contributed by atoms with Gasteiger partial charge in [0.15, 0.2) is 5.78 Å². The van der Waals surface area contributed by atoms with Gasteiger partial charge in [-0.05, 0) is 0 Å². The fourth-order valence-electron chi connectivity index (χ4n) is 1.50. The van der Waals surface area contributed by atoms with E-state index in [-0.39, 0.29) is 53.3 Å². The number of benzene rings is 2. The van der Waals surface area contributed by atoms with Gasteiger partial charge in [-0.25, -0.2) is 0 Å². The summed E-state index contributed by atoms with van der Waals surface area (Å²) >= 11 is 0. The van der Waals surface area contributed by atoms with Crippen LogP contribution in [-0.4, -0.2) is 10.9 Å². The summed E-state index contributed by atoms with van der Waals surface area (Å²) in [4.78, 5) is 11.8. The Morgan fingerprint density at radius 2 is 1.28 bits per heavy atom. The number of rotatable bonds is 3. The van der Waals surface area contributed by atoms with E-state index in [1.807, 2.05) is 24.3 Å². The maximum Gasteiger partial charge on any atom is 4.00 e. The summed E-state index contributed by atoms with van der Waals surface area (Å²) in [6.45, 7) is 0. The van der Waals surface area contributed by atoms with E-state index in [2.05, 4.69) is 0 Å². The van der Waals surface area contributed by atoms with Gasteiger partial charge in [0, 0.05) is 17.2 Å². The number of aliphatic hydroxyl groups excluding tert-OH is 1. The summed E-state index contributed by atoms with van der Waals surface area (Å²) in [5.74, 6) is -0.216. The first-order chi connectivity index (χ1) is 8.27. The van der Waals surface area contributed by atoms with Gasteiger partial charge in [0.05, 0.1) is 0 Å². The second kappa shape index (κ2) is 7.46. The normalized spacial score (nSPS) is 10.6. The second-order valence-electron chi connectivity index (χ2n) is 3.63. The largest absolute Gasteiger partial charge is 4.00 e. The predicted octanol–water partition coefficient (Wildman–Crippen LogP) is 3.47. The number of hydrogen-bond donors (Lipinski definition) is 1. The molecule has 0 saturated carbocycles. The van der Waals surface area contributed by atoms with Crippen molar-refractivity contribution < 1.29 is 51.6 Å². The summed E-state index contributed by atoms with van der Waals surface area (Å²) < 4.78 is 0. The molecule has 0 amide bonds. The Morgan fingerprint density at radius 1 is 0.833 bits per heavy atom. The predicted molar refractivity (Wildman–Crippen MR) is 67.8 cm³/mol. The quantitative estimate of drug-likeness (QED) is 0.514. The monoisotopic (exact) mass is 364 g/mol. The van der Waals surface area contributed by atoms with Gasteiger partial charge in [-0.3, -0.25) is 4.79 Å². The molecular weight excluding hydrogens is 352 g/mol. The Morgan fingerprint density at radius 3 is 1.78 bits per heavy atom. The molecule has 84 valence electrons. The average molecular weight is 364 g/mol. The maximum absolute atomic E-state index is 11.8. The van der Waals surface area contributed by atoms with Crippen molar-refractivity contribution in [1.82, 2.24) is 0 Å². The molecule has 0 saturated heterocycles. The molecule has 18 heavy (non-hydrogen) atoms. The molecule has 0 aliphatic rings. The van der Waals surface area contributed by atoms with Crippen molar-refractivity contribution in [2.45, 2.75) is 0 Å². The third kappa shape index (κ3) is 4.05. The Bertz CT molecular complexity index is 533. The van der Waals surface area contributed by atoms with Crippen LogP contribution in [-0.2, 0) is 0 Å². The molecule has 0 unspecified atom stereocenters. The average Bonchev–Trinajstić information content (AvgIpc) is 2.40. The third-order valence-corrected chi connectivity index (χ3v) is 2.40. The zero-order valence-corrected chi connectivity index (χ0v) is 12.8. The van der Waals surface area contributed by atoms with Crippen molar-refractivity contribution in [2.24, 2.45) is 0 Å². The van der Waals surface area contributed by atoms with Gasteiger partial charge in [0.1, 0.15) is 5.76 Å². The molecule has 2 rings (SSSR count). The first-order valence-electron chi connectivity index (χ1n) is 5.33. The molecule has 0 bridgehead atoms. The van der Waals surface area contributed by atoms with E-state index in [4.69, 9.17) is 0 Å². The SMILES string of the molecule is O=C(/C=C(\O)c1ccccc1)c1ccccc1.[Ce+4]. The van der Waals surface area contributed by atoms with Crippen LogP contribution in [0.2, 0.25) is 0 Å². The van der Waals surface area contributed by atoms with Gasteiger partial charge in [0.25, 0.3) is 0 Å². The Hall–Kier alpha value is -0.973. The summed E-state index contributed by atoms with van der Waals surface area (Å²) in [5, 5.41) is 9.79. The Labute approximate surface area is 140 Å². The van der Waals surface area contributed by atoms with Crippen LogP contribution in [0.25, 0.3) is 5.76 Å². The number of carbonyl (C=O) groups is 1. The molecule has 0 atom stereocenters. The van der Waals surface area contributed by atoms with Crippen molar-refractivity contribution in [3.05, 3.63) is 77.9 Å². The second-order valence-corrected chi connectivity index (χ2v) is 3.63. The minimum atomic E-state index is -0.202. The molecule has 0 aliphatic carbocycles. The van der Waals surface area contributed by atoms with Crippen LogP contribution < -0.4 is 0 Å². The summed E-state index contributed by atoms with van der Waals surface area (Å²) in [6, 6.07) is 17.9. The van der Waals surface area contributed by atoms with Crippen LogP contribution in [0.3, 0.4) is 0 Å². The van der Waals surface area contributed by atoms with E-state index < -0.39 is 0 Å². The van der Waals surface area contributed by atoms with E-state index in [0.717, 1.165) is 0 Å². The first-order valence-corrected chi connectivity index (χ1v) is 5.33. The minimum absolute atomic E-state index is 0. The van der Waals surface area contributed by atoms with Crippen LogP contribution in [0, 0.1) is 41.7 Å². The standard InChI is InChI=1S/C15H12O2.Ce/c16-14(12-7-3-1-4-8-12)11-15(17)13-9-5-2-6-10-13;/h1-11,16H;/q;+4/b14-11-;. The van der Waals surface area contributed by atoms with E-state index >= 15 is 0 Å². The number of ketones is 1. The summed E-state index contributed by atoms with van der Waals surface area (Å²) in [7, 11) is 0. The van der Waals surface area contributed by atoms with Crippen molar-refractivity contribution >= 4 is 11.5 Å². The molecule has 1 N–H and O–H groups in total. The fourth-order valence-corrected chi connectivity index (χ4v) is 1.50. The van der Waals surface area contributed by atoms with E-state index in [1.165, 1.54) is 6.08 Å². The molecule has 3 heteroatoms. The van der Waals surface area contributed by atoms with Crippen LogP contribution in [0.4, 0.5) is 0 Å². The van der Waals surface area contributed by atoms with Gasteiger partial charge in [-0.15, -0.1) is 0 Å². The number of aliphatic hydroxyl groups is 1. The van der Waals surface area contributed by atoms with Crippen LogP contribution >= 0.6 is 0 Å². The first kappa shape index (κ1) is 15.1. The molecular formula is C15H12CeO2+4. The topological polar surface area (TPSA) is 37.3 Å². The van der Waals surface area contributed by atoms with Gasteiger partial charge < -0.3 is 5.11 Å². The van der Waals surface area contributed by atoms with E-state index in [0.29, 0.717) is 11.1 Å². The zero-order chi connectivity index (χ0) is 12.1. The molecule has 0 spiro atoms. The van der Waals surface area contributed by atoms with Crippen LogP contribution in [0.15, 0.2) is 66.7 Å². The molecule has 2 nitrogen and oxygen atoms in total. The van der Waals surface area contributed by atoms with Crippen LogP contribution in [0.1, 0.15) is 15.9 Å². The fraction of sp³-hybridized carbons (Fsp3) is 0. The van der Waals surface area contributed by atoms with Gasteiger partial charge in [-0.1, -0.05) is 60.7 Å². The number of carbonyl (C=O) groups excluding carboxylic acids is 1. The van der Waals surface area contributed by atoms with Gasteiger partial charge in [0.2, 0.25) is 0 Å². The molecule has 0 heterocycles. The van der Waals surface area contributed by atoms with Gasteiger partial charge in [-0.2, -0.15) is 0 Å². The molecule has 0 fully saturated rings. The third-order valence-electron chi connectivity index (χ3n) is 2.40. The number of allylic oxidation sites excluding steroid dienone is 1. The van der Waals surface area contributed by atoms with E-state index in [9.17, 15) is 9.90 Å². The van der Waals surface area contributed by atoms with Crippen LogP contribution in [0.5, 0.6) is 0 Å². The summed E-state index contributed by atoms with van der Waals surface area (Å²) in [6.07, 6.45) is 1.24. The molecule has 2 aromatic carbocycles. The molecule has 2 aromatic rings. The van der Waals surface area contributed by atoms with Gasteiger partial charge >= 0.3 is 41.7 Å².